The van der Waals surface area contributed by atoms with Crippen LogP contribution < -0.4 is 0 Å². The van der Waals surface area contributed by atoms with Gasteiger partial charge in [0, 0.05) is 19.8 Å². The molecule has 0 saturated heterocycles. The van der Waals surface area contributed by atoms with E-state index in [9.17, 15) is 19.2 Å². The van der Waals surface area contributed by atoms with Gasteiger partial charge in [-0.2, -0.15) is 0 Å². The topological polar surface area (TPSA) is 96.0 Å². The van der Waals surface area contributed by atoms with Gasteiger partial charge in [-0.15, -0.1) is 0 Å². The molecule has 0 aromatic heterocycles. The van der Waals surface area contributed by atoms with Crippen molar-refractivity contribution in [3.63, 3.8) is 0 Å². The number of benzene rings is 2. The molecule has 0 unspecified atom stereocenters. The summed E-state index contributed by atoms with van der Waals surface area (Å²) in [4.78, 5) is 48.8. The number of carbonyl (C=O) groups excluding carboxylic acids is 4. The zero-order valence-corrected chi connectivity index (χ0v) is 15.8. The molecule has 0 bridgehead atoms. The predicted octanol–water partition coefficient (Wildman–Crippen LogP) is 2.73. The fourth-order valence-corrected chi connectivity index (χ4v) is 3.13. The molecular formula is C22H20O7. The average Bonchev–Trinajstić information content (AvgIpc) is 2.71. The number of rotatable bonds is 5. The van der Waals surface area contributed by atoms with Crippen LogP contribution in [0.1, 0.15) is 40.5 Å². The standard InChI is InChI=1S/C22H20O7/c1-14(23)27-17-12-18(24)20(29-22(26)16-10-6-3-7-11-16)19(13-17)28-21(25)15-8-4-2-5-9-15/h2-11,17,19-20H,12-13H2,1H3/t17-,19-,20-/m1/s1. The fraction of sp³-hybridized carbons (Fsp3) is 0.273. The number of Topliss-reactive ketones (excluding diaryl/α,β-unsaturated/α-hetero) is 1. The van der Waals surface area contributed by atoms with Crippen molar-refractivity contribution < 1.29 is 33.4 Å². The Hall–Kier alpha value is -3.48. The molecule has 29 heavy (non-hydrogen) atoms. The van der Waals surface area contributed by atoms with Gasteiger partial charge in [0.25, 0.3) is 0 Å². The Bertz CT molecular complexity index is 892. The van der Waals surface area contributed by atoms with Gasteiger partial charge in [0.2, 0.25) is 0 Å². The molecule has 7 heteroatoms. The second kappa shape index (κ2) is 9.14. The van der Waals surface area contributed by atoms with E-state index in [0.717, 1.165) is 0 Å². The third-order valence-electron chi connectivity index (χ3n) is 4.42. The summed E-state index contributed by atoms with van der Waals surface area (Å²) in [5, 5.41) is 0. The molecule has 1 fully saturated rings. The summed E-state index contributed by atoms with van der Waals surface area (Å²) >= 11 is 0. The van der Waals surface area contributed by atoms with E-state index in [1.54, 1.807) is 60.7 Å². The molecule has 1 aliphatic carbocycles. The smallest absolute Gasteiger partial charge is 0.338 e. The van der Waals surface area contributed by atoms with Crippen LogP contribution in [0.25, 0.3) is 0 Å². The molecule has 1 aliphatic rings. The molecule has 2 aromatic rings. The Labute approximate surface area is 167 Å². The summed E-state index contributed by atoms with van der Waals surface area (Å²) in [6, 6.07) is 16.5. The van der Waals surface area contributed by atoms with E-state index < -0.39 is 42.0 Å². The number of esters is 3. The van der Waals surface area contributed by atoms with Crippen LogP contribution >= 0.6 is 0 Å². The largest absolute Gasteiger partial charge is 0.462 e. The quantitative estimate of drug-likeness (QED) is 0.566. The van der Waals surface area contributed by atoms with Crippen molar-refractivity contribution in [2.45, 2.75) is 38.1 Å². The number of hydrogen-bond donors (Lipinski definition) is 0. The third kappa shape index (κ3) is 5.28. The second-order valence-corrected chi connectivity index (χ2v) is 6.64. The lowest BCUT2D eigenvalue weighted by Gasteiger charge is -2.33. The molecule has 0 N–H and O–H groups in total. The van der Waals surface area contributed by atoms with Gasteiger partial charge >= 0.3 is 17.9 Å². The first-order chi connectivity index (χ1) is 13.9. The lowest BCUT2D eigenvalue weighted by molar-refractivity contribution is -0.158. The predicted molar refractivity (Wildman–Crippen MR) is 101 cm³/mol. The van der Waals surface area contributed by atoms with E-state index in [4.69, 9.17) is 14.2 Å². The van der Waals surface area contributed by atoms with E-state index in [-0.39, 0.29) is 18.4 Å². The van der Waals surface area contributed by atoms with Crippen LogP contribution in [0.15, 0.2) is 60.7 Å². The Morgan fingerprint density at radius 1 is 0.793 bits per heavy atom. The molecule has 0 aliphatic heterocycles. The Kier molecular flexibility index (Phi) is 6.39. The Morgan fingerprint density at radius 3 is 1.83 bits per heavy atom. The number of hydrogen-bond acceptors (Lipinski definition) is 7. The fourth-order valence-electron chi connectivity index (χ4n) is 3.13. The van der Waals surface area contributed by atoms with Crippen molar-refractivity contribution in [3.8, 4) is 0 Å². The van der Waals surface area contributed by atoms with Crippen molar-refractivity contribution >= 4 is 23.7 Å². The highest BCUT2D eigenvalue weighted by Gasteiger charge is 2.43. The molecule has 0 amide bonds. The summed E-state index contributed by atoms with van der Waals surface area (Å²) in [5.74, 6) is -2.38. The highest BCUT2D eigenvalue weighted by atomic mass is 16.6. The van der Waals surface area contributed by atoms with Crippen LogP contribution in [-0.2, 0) is 23.8 Å². The lowest BCUT2D eigenvalue weighted by Crippen LogP contribution is -2.49. The van der Waals surface area contributed by atoms with Crippen LogP contribution in [0.2, 0.25) is 0 Å². The average molecular weight is 396 g/mol. The van der Waals surface area contributed by atoms with Gasteiger partial charge in [-0.3, -0.25) is 9.59 Å². The molecule has 1 saturated carbocycles. The maximum Gasteiger partial charge on any atom is 0.338 e. The van der Waals surface area contributed by atoms with Crippen LogP contribution in [0.5, 0.6) is 0 Å². The normalized spacial score (nSPS) is 21.1. The van der Waals surface area contributed by atoms with E-state index in [0.29, 0.717) is 5.56 Å². The number of ketones is 1. The third-order valence-corrected chi connectivity index (χ3v) is 4.42. The van der Waals surface area contributed by atoms with E-state index in [1.807, 2.05) is 0 Å². The summed E-state index contributed by atoms with van der Waals surface area (Å²) in [6.07, 6.45) is -3.16. The molecule has 2 aromatic carbocycles. The maximum absolute atomic E-state index is 12.6. The van der Waals surface area contributed by atoms with Crippen molar-refractivity contribution in [2.75, 3.05) is 0 Å². The highest BCUT2D eigenvalue weighted by Crippen LogP contribution is 2.26. The lowest BCUT2D eigenvalue weighted by atomic mass is 9.90. The monoisotopic (exact) mass is 396 g/mol. The van der Waals surface area contributed by atoms with Gasteiger partial charge in [-0.25, -0.2) is 9.59 Å². The van der Waals surface area contributed by atoms with Gasteiger partial charge in [-0.1, -0.05) is 36.4 Å². The molecule has 0 spiro atoms. The van der Waals surface area contributed by atoms with Gasteiger partial charge in [0.05, 0.1) is 11.1 Å². The minimum absolute atomic E-state index is 0.0522. The van der Waals surface area contributed by atoms with Crippen LogP contribution in [-0.4, -0.2) is 42.0 Å². The van der Waals surface area contributed by atoms with E-state index >= 15 is 0 Å². The molecule has 0 heterocycles. The first kappa shape index (κ1) is 20.3. The molecule has 3 atom stereocenters. The summed E-state index contributed by atoms with van der Waals surface area (Å²) < 4.78 is 16.0. The van der Waals surface area contributed by atoms with Crippen LogP contribution in [0.3, 0.4) is 0 Å². The molecular weight excluding hydrogens is 376 g/mol. The number of carbonyl (C=O) groups is 4. The minimum Gasteiger partial charge on any atom is -0.462 e. The summed E-state index contributed by atoms with van der Waals surface area (Å²) in [5.41, 5.74) is 0.568. The summed E-state index contributed by atoms with van der Waals surface area (Å²) in [7, 11) is 0. The number of ether oxygens (including phenoxy) is 3. The van der Waals surface area contributed by atoms with Gasteiger partial charge in [0.15, 0.2) is 11.9 Å². The van der Waals surface area contributed by atoms with Gasteiger partial charge in [-0.05, 0) is 24.3 Å². The van der Waals surface area contributed by atoms with Crippen molar-refractivity contribution in [1.29, 1.82) is 0 Å². The van der Waals surface area contributed by atoms with Gasteiger partial charge < -0.3 is 14.2 Å². The first-order valence-electron chi connectivity index (χ1n) is 9.16. The zero-order chi connectivity index (χ0) is 20.8. The van der Waals surface area contributed by atoms with Crippen molar-refractivity contribution in [2.24, 2.45) is 0 Å². The van der Waals surface area contributed by atoms with Crippen molar-refractivity contribution in [3.05, 3.63) is 71.8 Å². The molecule has 3 rings (SSSR count). The molecule has 0 radical (unpaired) electrons. The highest BCUT2D eigenvalue weighted by molar-refractivity contribution is 5.94. The zero-order valence-electron chi connectivity index (χ0n) is 15.8. The Morgan fingerprint density at radius 2 is 1.31 bits per heavy atom. The second-order valence-electron chi connectivity index (χ2n) is 6.64. The molecule has 150 valence electrons. The minimum atomic E-state index is -1.28. The van der Waals surface area contributed by atoms with Crippen LogP contribution in [0, 0.1) is 0 Å². The van der Waals surface area contributed by atoms with E-state index in [1.165, 1.54) is 6.92 Å². The van der Waals surface area contributed by atoms with E-state index in [2.05, 4.69) is 0 Å². The molecule has 7 nitrogen and oxygen atoms in total. The SMILES string of the molecule is CC(=O)O[C@@H]1CC(=O)[C@@H](OC(=O)c2ccccc2)[C@H](OC(=O)c2ccccc2)C1. The van der Waals surface area contributed by atoms with Crippen molar-refractivity contribution in [1.82, 2.24) is 0 Å². The van der Waals surface area contributed by atoms with Gasteiger partial charge in [0.1, 0.15) is 12.2 Å². The summed E-state index contributed by atoms with van der Waals surface area (Å²) in [6.45, 7) is 1.23. The Balaban J connectivity index is 1.79. The maximum atomic E-state index is 12.6. The van der Waals surface area contributed by atoms with Crippen LogP contribution in [0.4, 0.5) is 0 Å². The first-order valence-corrected chi connectivity index (χ1v) is 9.16.